The van der Waals surface area contributed by atoms with Gasteiger partial charge in [0.1, 0.15) is 23.3 Å². The minimum atomic E-state index is -0.475. The number of rotatable bonds is 0. The number of aryl methyl sites for hydroxylation is 2. The van der Waals surface area contributed by atoms with Crippen molar-refractivity contribution in [2.45, 2.75) is 34.6 Å². The van der Waals surface area contributed by atoms with Crippen LogP contribution in [0.3, 0.4) is 0 Å². The molecule has 0 amide bonds. The Morgan fingerprint density at radius 1 is 0.571 bits per heavy atom. The van der Waals surface area contributed by atoms with Gasteiger partial charge in [0.2, 0.25) is 0 Å². The smallest absolute Gasteiger partial charge is 0.132 e. The topological polar surface area (TPSA) is 0 Å². The van der Waals surface area contributed by atoms with Crippen molar-refractivity contribution in [3.8, 4) is 0 Å². The third kappa shape index (κ3) is 4.06. The SMILES string of the molecule is Cc1cc(F)c(C)c(F)c1.Cc1cc(F)c(C)c(F)c1C. The molecule has 4 heteroatoms. The molecule has 2 aromatic carbocycles. The lowest BCUT2D eigenvalue weighted by Gasteiger charge is -2.04. The molecule has 2 rings (SSSR count). The van der Waals surface area contributed by atoms with E-state index in [9.17, 15) is 17.6 Å². The fourth-order valence-corrected chi connectivity index (χ4v) is 1.74. The Morgan fingerprint density at radius 3 is 1.48 bits per heavy atom. The predicted molar refractivity (Wildman–Crippen MR) is 76.4 cm³/mol. The van der Waals surface area contributed by atoms with Gasteiger partial charge in [-0.15, -0.1) is 0 Å². The first-order valence-electron chi connectivity index (χ1n) is 6.49. The molecule has 0 saturated heterocycles. The summed E-state index contributed by atoms with van der Waals surface area (Å²) in [4.78, 5) is 0. The van der Waals surface area contributed by atoms with Gasteiger partial charge < -0.3 is 0 Å². The lowest BCUT2D eigenvalue weighted by Crippen LogP contribution is -1.95. The quantitative estimate of drug-likeness (QED) is 0.566. The van der Waals surface area contributed by atoms with Crippen LogP contribution in [0.15, 0.2) is 18.2 Å². The van der Waals surface area contributed by atoms with Crippen LogP contribution in [-0.2, 0) is 0 Å². The average molecular weight is 298 g/mol. The largest absolute Gasteiger partial charge is 0.207 e. The first-order chi connectivity index (χ1) is 9.65. The van der Waals surface area contributed by atoms with Crippen LogP contribution < -0.4 is 0 Å². The monoisotopic (exact) mass is 298 g/mol. The Balaban J connectivity index is 0.000000211. The summed E-state index contributed by atoms with van der Waals surface area (Å²) in [6.45, 7) is 7.87. The van der Waals surface area contributed by atoms with E-state index in [1.54, 1.807) is 20.8 Å². The average Bonchev–Trinajstić information content (AvgIpc) is 2.41. The van der Waals surface area contributed by atoms with Gasteiger partial charge in [-0.2, -0.15) is 0 Å². The lowest BCUT2D eigenvalue weighted by molar-refractivity contribution is 0.560. The maximum atomic E-state index is 13.0. The highest BCUT2D eigenvalue weighted by Gasteiger charge is 2.08. The maximum Gasteiger partial charge on any atom is 0.132 e. The molecule has 0 N–H and O–H groups in total. The molecule has 0 spiro atoms. The van der Waals surface area contributed by atoms with Crippen LogP contribution in [0.2, 0.25) is 0 Å². The van der Waals surface area contributed by atoms with E-state index in [4.69, 9.17) is 0 Å². The van der Waals surface area contributed by atoms with E-state index in [0.29, 0.717) is 16.7 Å². The van der Waals surface area contributed by atoms with Gasteiger partial charge in [-0.25, -0.2) is 17.6 Å². The van der Waals surface area contributed by atoms with E-state index in [1.807, 2.05) is 0 Å². The van der Waals surface area contributed by atoms with Crippen molar-refractivity contribution in [1.82, 2.24) is 0 Å². The number of hydrogen-bond donors (Lipinski definition) is 0. The molecule has 0 saturated carbocycles. The molecular formula is C17H18F4. The molecular weight excluding hydrogens is 280 g/mol. The van der Waals surface area contributed by atoms with E-state index in [0.717, 1.165) is 0 Å². The van der Waals surface area contributed by atoms with E-state index >= 15 is 0 Å². The summed E-state index contributed by atoms with van der Waals surface area (Å²) in [6.07, 6.45) is 0. The zero-order valence-corrected chi connectivity index (χ0v) is 12.7. The second-order valence-electron chi connectivity index (χ2n) is 5.09. The first-order valence-corrected chi connectivity index (χ1v) is 6.49. The van der Waals surface area contributed by atoms with Crippen molar-refractivity contribution in [3.05, 3.63) is 69.3 Å². The first kappa shape index (κ1) is 17.2. The summed E-state index contributed by atoms with van der Waals surface area (Å²) in [7, 11) is 0. The molecule has 0 atom stereocenters. The molecule has 0 aromatic heterocycles. The van der Waals surface area contributed by atoms with Crippen molar-refractivity contribution in [2.75, 3.05) is 0 Å². The molecule has 0 heterocycles. The third-order valence-electron chi connectivity index (χ3n) is 3.38. The van der Waals surface area contributed by atoms with Crippen molar-refractivity contribution >= 4 is 0 Å². The molecule has 2 aromatic rings. The third-order valence-corrected chi connectivity index (χ3v) is 3.38. The summed E-state index contributed by atoms with van der Waals surface area (Å²) in [5, 5.41) is 0. The minimum Gasteiger partial charge on any atom is -0.207 e. The summed E-state index contributed by atoms with van der Waals surface area (Å²) in [5.41, 5.74) is 1.99. The van der Waals surface area contributed by atoms with E-state index < -0.39 is 23.3 Å². The summed E-state index contributed by atoms with van der Waals surface area (Å²) >= 11 is 0. The Labute approximate surface area is 122 Å². The van der Waals surface area contributed by atoms with E-state index in [-0.39, 0.29) is 11.1 Å². The van der Waals surface area contributed by atoms with Crippen LogP contribution >= 0.6 is 0 Å². The lowest BCUT2D eigenvalue weighted by atomic mass is 10.1. The molecule has 0 aliphatic rings. The molecule has 0 bridgehead atoms. The summed E-state index contributed by atoms with van der Waals surface area (Å²) in [5.74, 6) is -1.84. The minimum absolute atomic E-state index is 0.0885. The fourth-order valence-electron chi connectivity index (χ4n) is 1.74. The van der Waals surface area contributed by atoms with Crippen LogP contribution in [-0.4, -0.2) is 0 Å². The molecule has 0 aliphatic heterocycles. The van der Waals surface area contributed by atoms with Crippen LogP contribution in [0.25, 0.3) is 0 Å². The number of benzene rings is 2. The molecule has 114 valence electrons. The van der Waals surface area contributed by atoms with Crippen LogP contribution in [0.4, 0.5) is 17.6 Å². The van der Waals surface area contributed by atoms with Crippen LogP contribution in [0.5, 0.6) is 0 Å². The molecule has 0 fully saturated rings. The summed E-state index contributed by atoms with van der Waals surface area (Å²) < 4.78 is 51.0. The molecule has 0 radical (unpaired) electrons. The van der Waals surface area contributed by atoms with Crippen molar-refractivity contribution in [1.29, 1.82) is 0 Å². The molecule has 0 nitrogen and oxygen atoms in total. The van der Waals surface area contributed by atoms with E-state index in [1.165, 1.54) is 32.0 Å². The van der Waals surface area contributed by atoms with Gasteiger partial charge >= 0.3 is 0 Å². The van der Waals surface area contributed by atoms with Crippen LogP contribution in [0, 0.1) is 57.9 Å². The zero-order chi connectivity index (χ0) is 16.3. The maximum absolute atomic E-state index is 13.0. The summed E-state index contributed by atoms with van der Waals surface area (Å²) in [6, 6.07) is 3.99. The fraction of sp³-hybridized carbons (Fsp3) is 0.294. The predicted octanol–water partition coefficient (Wildman–Crippen LogP) is 5.47. The van der Waals surface area contributed by atoms with Gasteiger partial charge in [0.15, 0.2) is 0 Å². The van der Waals surface area contributed by atoms with Gasteiger partial charge in [-0.3, -0.25) is 0 Å². The standard InChI is InChI=1S/C9H10F2.C8H8F2/c1-5-4-8(10)7(3)9(11)6(5)2;1-5-3-7(9)6(2)8(10)4-5/h4H,1-3H3;3-4H,1-2H3. The molecule has 0 unspecified atom stereocenters. The normalized spacial score (nSPS) is 10.1. The Kier molecular flexibility index (Phi) is 5.53. The number of hydrogen-bond acceptors (Lipinski definition) is 0. The zero-order valence-electron chi connectivity index (χ0n) is 12.7. The second kappa shape index (κ2) is 6.74. The van der Waals surface area contributed by atoms with Gasteiger partial charge in [-0.1, -0.05) is 0 Å². The number of halogens is 4. The van der Waals surface area contributed by atoms with Crippen LogP contribution in [0.1, 0.15) is 27.8 Å². The Bertz CT molecular complexity index is 611. The Hall–Kier alpha value is -1.84. The van der Waals surface area contributed by atoms with Gasteiger partial charge in [-0.05, 0) is 69.5 Å². The van der Waals surface area contributed by atoms with Gasteiger partial charge in [0.05, 0.1) is 0 Å². The van der Waals surface area contributed by atoms with Gasteiger partial charge in [0.25, 0.3) is 0 Å². The van der Waals surface area contributed by atoms with Crippen molar-refractivity contribution < 1.29 is 17.6 Å². The van der Waals surface area contributed by atoms with Crippen molar-refractivity contribution in [2.24, 2.45) is 0 Å². The van der Waals surface area contributed by atoms with E-state index in [2.05, 4.69) is 0 Å². The molecule has 21 heavy (non-hydrogen) atoms. The highest BCUT2D eigenvalue weighted by atomic mass is 19.1. The second-order valence-corrected chi connectivity index (χ2v) is 5.09. The Morgan fingerprint density at radius 2 is 1.00 bits per heavy atom. The van der Waals surface area contributed by atoms with Crippen molar-refractivity contribution in [3.63, 3.8) is 0 Å². The molecule has 0 aliphatic carbocycles. The highest BCUT2D eigenvalue weighted by Crippen LogP contribution is 2.18. The van der Waals surface area contributed by atoms with Gasteiger partial charge in [0, 0.05) is 11.1 Å². The highest BCUT2D eigenvalue weighted by molar-refractivity contribution is 5.32.